The number of hydrogen-bond acceptors (Lipinski definition) is 7. The molecule has 2 fully saturated rings. The Balaban J connectivity index is 1.55. The van der Waals surface area contributed by atoms with E-state index >= 15 is 0 Å². The number of esters is 1. The highest BCUT2D eigenvalue weighted by atomic mass is 32.1. The van der Waals surface area contributed by atoms with Gasteiger partial charge in [0.2, 0.25) is 0 Å². The zero-order valence-electron chi connectivity index (χ0n) is 16.9. The summed E-state index contributed by atoms with van der Waals surface area (Å²) in [5, 5.41) is 5.88. The third-order valence-electron chi connectivity index (χ3n) is 5.67. The fourth-order valence-electron chi connectivity index (χ4n) is 3.94. The molecular formula is C20H30N4O4S. The van der Waals surface area contributed by atoms with Crippen LogP contribution in [0.3, 0.4) is 0 Å². The number of amides is 2. The standard InChI is InChI=1S/C20H30N4O4S/c1-12(18(25)22-13-8-4-2-5-9-13)28-20(27)17-15(21)16(24-29-17)19(26)23-14-10-6-3-7-11-14/h12-14H,2-11,21H2,1H3,(H,22,25)(H,23,26)/t12-/m1/s1. The summed E-state index contributed by atoms with van der Waals surface area (Å²) in [6.45, 7) is 1.53. The van der Waals surface area contributed by atoms with Gasteiger partial charge in [0, 0.05) is 12.1 Å². The average molecular weight is 423 g/mol. The average Bonchev–Trinajstić information content (AvgIpc) is 3.11. The summed E-state index contributed by atoms with van der Waals surface area (Å²) >= 11 is 0.822. The predicted octanol–water partition coefficient (Wildman–Crippen LogP) is 2.78. The van der Waals surface area contributed by atoms with Gasteiger partial charge in [-0.05, 0) is 44.1 Å². The van der Waals surface area contributed by atoms with Crippen LogP contribution in [0.25, 0.3) is 0 Å². The van der Waals surface area contributed by atoms with E-state index in [1.54, 1.807) is 0 Å². The van der Waals surface area contributed by atoms with Crippen molar-refractivity contribution < 1.29 is 19.1 Å². The SMILES string of the molecule is C[C@@H](OC(=O)c1snc(C(=O)NC2CCCCC2)c1N)C(=O)NC1CCCCC1. The second-order valence-corrected chi connectivity index (χ2v) is 8.75. The second kappa shape index (κ2) is 10.0. The summed E-state index contributed by atoms with van der Waals surface area (Å²) in [6, 6.07) is 0.261. The monoisotopic (exact) mass is 422 g/mol. The summed E-state index contributed by atoms with van der Waals surface area (Å²) in [6.07, 6.45) is 9.62. The van der Waals surface area contributed by atoms with Crippen LogP contribution in [0.1, 0.15) is 91.3 Å². The summed E-state index contributed by atoms with van der Waals surface area (Å²) in [5.74, 6) is -1.42. The number of ether oxygens (including phenoxy) is 1. The summed E-state index contributed by atoms with van der Waals surface area (Å²) in [7, 11) is 0. The lowest BCUT2D eigenvalue weighted by atomic mass is 9.95. The molecule has 0 bridgehead atoms. The lowest BCUT2D eigenvalue weighted by Crippen LogP contribution is -2.42. The van der Waals surface area contributed by atoms with Crippen LogP contribution in [-0.2, 0) is 9.53 Å². The minimum absolute atomic E-state index is 0.00759. The molecule has 0 spiro atoms. The molecule has 2 aliphatic rings. The Kier molecular flexibility index (Phi) is 7.46. The fraction of sp³-hybridized carbons (Fsp3) is 0.700. The number of anilines is 1. The van der Waals surface area contributed by atoms with Crippen molar-refractivity contribution >= 4 is 35.0 Å². The van der Waals surface area contributed by atoms with E-state index in [0.717, 1.165) is 62.9 Å². The van der Waals surface area contributed by atoms with Crippen molar-refractivity contribution in [3.63, 3.8) is 0 Å². The zero-order valence-corrected chi connectivity index (χ0v) is 17.7. The van der Waals surface area contributed by atoms with Crippen LogP contribution in [0, 0.1) is 0 Å². The number of nitrogens with one attached hydrogen (secondary N) is 2. The minimum Gasteiger partial charge on any atom is -0.448 e. The molecule has 0 aliphatic heterocycles. The molecule has 160 valence electrons. The Bertz CT molecular complexity index is 739. The van der Waals surface area contributed by atoms with Crippen molar-refractivity contribution in [2.45, 2.75) is 89.3 Å². The van der Waals surface area contributed by atoms with Crippen LogP contribution >= 0.6 is 11.5 Å². The molecule has 4 N–H and O–H groups in total. The Morgan fingerprint density at radius 2 is 1.55 bits per heavy atom. The van der Waals surface area contributed by atoms with Crippen molar-refractivity contribution in [3.05, 3.63) is 10.6 Å². The van der Waals surface area contributed by atoms with Crippen molar-refractivity contribution in [2.75, 3.05) is 5.73 Å². The highest BCUT2D eigenvalue weighted by Crippen LogP contribution is 2.25. The van der Waals surface area contributed by atoms with Gasteiger partial charge in [0.15, 0.2) is 16.7 Å². The molecule has 0 unspecified atom stereocenters. The maximum Gasteiger partial charge on any atom is 0.352 e. The van der Waals surface area contributed by atoms with Crippen molar-refractivity contribution in [3.8, 4) is 0 Å². The van der Waals surface area contributed by atoms with E-state index in [0.29, 0.717) is 0 Å². The lowest BCUT2D eigenvalue weighted by Gasteiger charge is -2.24. The van der Waals surface area contributed by atoms with Gasteiger partial charge in [-0.3, -0.25) is 9.59 Å². The summed E-state index contributed by atoms with van der Waals surface area (Å²) < 4.78 is 9.32. The van der Waals surface area contributed by atoms with Gasteiger partial charge in [-0.1, -0.05) is 38.5 Å². The number of rotatable bonds is 6. The van der Waals surface area contributed by atoms with E-state index in [2.05, 4.69) is 15.0 Å². The van der Waals surface area contributed by atoms with Gasteiger partial charge in [0.05, 0.1) is 5.69 Å². The van der Waals surface area contributed by atoms with Gasteiger partial charge >= 0.3 is 5.97 Å². The zero-order chi connectivity index (χ0) is 20.8. The van der Waals surface area contributed by atoms with E-state index in [1.165, 1.54) is 19.8 Å². The maximum atomic E-state index is 12.5. The number of aromatic nitrogens is 1. The van der Waals surface area contributed by atoms with E-state index in [9.17, 15) is 14.4 Å². The number of carbonyl (C=O) groups is 3. The third-order valence-corrected chi connectivity index (χ3v) is 6.52. The number of nitrogens with zero attached hydrogens (tertiary/aromatic N) is 1. The Morgan fingerprint density at radius 1 is 1.00 bits per heavy atom. The third kappa shape index (κ3) is 5.68. The van der Waals surface area contributed by atoms with Crippen LogP contribution in [0.5, 0.6) is 0 Å². The molecule has 0 radical (unpaired) electrons. The first-order valence-electron chi connectivity index (χ1n) is 10.5. The van der Waals surface area contributed by atoms with Crippen LogP contribution in [-0.4, -0.2) is 40.3 Å². The molecule has 0 saturated heterocycles. The quantitative estimate of drug-likeness (QED) is 0.606. The Morgan fingerprint density at radius 3 is 2.14 bits per heavy atom. The van der Waals surface area contributed by atoms with E-state index in [4.69, 9.17) is 10.5 Å². The first-order valence-corrected chi connectivity index (χ1v) is 11.3. The van der Waals surface area contributed by atoms with E-state index in [-0.39, 0.29) is 40.2 Å². The van der Waals surface area contributed by atoms with Crippen molar-refractivity contribution in [1.29, 1.82) is 0 Å². The molecule has 2 saturated carbocycles. The van der Waals surface area contributed by atoms with Gasteiger partial charge in [-0.25, -0.2) is 4.79 Å². The van der Waals surface area contributed by atoms with Crippen LogP contribution in [0.2, 0.25) is 0 Å². The normalized spacial score (nSPS) is 19.3. The Hall–Kier alpha value is -2.16. The number of hydrogen-bond donors (Lipinski definition) is 3. The molecule has 9 heteroatoms. The molecule has 29 heavy (non-hydrogen) atoms. The highest BCUT2D eigenvalue weighted by molar-refractivity contribution is 7.08. The van der Waals surface area contributed by atoms with E-state index < -0.39 is 12.1 Å². The van der Waals surface area contributed by atoms with Crippen LogP contribution in [0.15, 0.2) is 0 Å². The summed E-state index contributed by atoms with van der Waals surface area (Å²) in [4.78, 5) is 37.3. The van der Waals surface area contributed by atoms with Crippen LogP contribution in [0.4, 0.5) is 5.69 Å². The molecule has 1 aromatic heterocycles. The topological polar surface area (TPSA) is 123 Å². The molecule has 1 aromatic rings. The van der Waals surface area contributed by atoms with Crippen LogP contribution < -0.4 is 16.4 Å². The van der Waals surface area contributed by atoms with Gasteiger partial charge in [-0.2, -0.15) is 4.37 Å². The molecule has 2 amide bonds. The molecule has 3 rings (SSSR count). The minimum atomic E-state index is -0.939. The fourth-order valence-corrected chi connectivity index (χ4v) is 4.62. The number of nitrogens with two attached hydrogens (primary N) is 1. The highest BCUT2D eigenvalue weighted by Gasteiger charge is 2.28. The van der Waals surface area contributed by atoms with Gasteiger partial charge in [0.1, 0.15) is 0 Å². The first-order chi connectivity index (χ1) is 14.0. The molecule has 1 atom stereocenters. The van der Waals surface area contributed by atoms with Gasteiger partial charge < -0.3 is 21.1 Å². The largest absolute Gasteiger partial charge is 0.448 e. The molecule has 1 heterocycles. The maximum absolute atomic E-state index is 12.5. The smallest absolute Gasteiger partial charge is 0.352 e. The predicted molar refractivity (Wildman–Crippen MR) is 111 cm³/mol. The molecule has 8 nitrogen and oxygen atoms in total. The molecule has 2 aliphatic carbocycles. The number of carbonyl (C=O) groups excluding carboxylic acids is 3. The summed E-state index contributed by atoms with van der Waals surface area (Å²) in [5.41, 5.74) is 6.05. The molecular weight excluding hydrogens is 392 g/mol. The van der Waals surface area contributed by atoms with Gasteiger partial charge in [-0.15, -0.1) is 0 Å². The van der Waals surface area contributed by atoms with Crippen molar-refractivity contribution in [2.24, 2.45) is 0 Å². The van der Waals surface area contributed by atoms with Crippen molar-refractivity contribution in [1.82, 2.24) is 15.0 Å². The Labute approximate surface area is 175 Å². The lowest BCUT2D eigenvalue weighted by molar-refractivity contribution is -0.130. The number of nitrogen functional groups attached to an aromatic ring is 1. The van der Waals surface area contributed by atoms with E-state index in [1.807, 2.05) is 0 Å². The molecule has 0 aromatic carbocycles. The first kappa shape index (κ1) is 21.5. The van der Waals surface area contributed by atoms with Gasteiger partial charge in [0.25, 0.3) is 11.8 Å². The second-order valence-electron chi connectivity index (χ2n) is 7.97.